The maximum atomic E-state index is 13.8. The molecule has 2 bridgehead atoms. The summed E-state index contributed by atoms with van der Waals surface area (Å²) in [7, 11) is 0. The van der Waals surface area contributed by atoms with Gasteiger partial charge in [-0.05, 0) is 55.2 Å². The first-order chi connectivity index (χ1) is 13.7. The molecule has 6 heteroatoms. The van der Waals surface area contributed by atoms with Crippen LogP contribution in [0.2, 0.25) is 0 Å². The van der Waals surface area contributed by atoms with Crippen molar-refractivity contribution < 1.29 is 9.18 Å². The Bertz CT molecular complexity index is 839. The van der Waals surface area contributed by atoms with E-state index in [-0.39, 0.29) is 11.9 Å². The van der Waals surface area contributed by atoms with Crippen LogP contribution in [0.1, 0.15) is 36.9 Å². The number of benzene rings is 1. The van der Waals surface area contributed by atoms with Crippen molar-refractivity contribution in [2.24, 2.45) is 11.8 Å². The largest absolute Gasteiger partial charge is 0.347 e. The number of nitrogens with one attached hydrogen (secondary N) is 1. The number of halogens is 1. The number of aromatic amines is 1. The molecule has 1 N–H and O–H groups in total. The molecule has 0 spiro atoms. The van der Waals surface area contributed by atoms with E-state index in [4.69, 9.17) is 0 Å². The lowest BCUT2D eigenvalue weighted by Gasteiger charge is -2.56. The van der Waals surface area contributed by atoms with Gasteiger partial charge in [0, 0.05) is 50.0 Å². The maximum Gasteiger partial charge on any atom is 0.223 e. The SMILES string of the molecule is O=C1CCC[C@H]2[C@@H]3C[C@@H](CN(Cc4cnc[nH]4)C3)[C@H](Cc3cccc(F)c3)N12. The van der Waals surface area contributed by atoms with Crippen molar-refractivity contribution in [3.8, 4) is 0 Å². The Labute approximate surface area is 164 Å². The van der Waals surface area contributed by atoms with Crippen LogP contribution in [0.25, 0.3) is 0 Å². The number of carbonyl (C=O) groups excluding carboxylic acids is 1. The number of piperidine rings is 3. The summed E-state index contributed by atoms with van der Waals surface area (Å²) in [5, 5.41) is 0. The summed E-state index contributed by atoms with van der Waals surface area (Å²) in [6.07, 6.45) is 8.30. The number of aromatic nitrogens is 2. The average molecular weight is 382 g/mol. The molecule has 3 aliphatic rings. The van der Waals surface area contributed by atoms with Gasteiger partial charge in [0.15, 0.2) is 0 Å². The van der Waals surface area contributed by atoms with E-state index in [1.54, 1.807) is 18.5 Å². The molecule has 3 aliphatic heterocycles. The monoisotopic (exact) mass is 382 g/mol. The highest BCUT2D eigenvalue weighted by Gasteiger charge is 2.49. The number of rotatable bonds is 4. The molecule has 148 valence electrons. The van der Waals surface area contributed by atoms with Crippen molar-refractivity contribution in [2.75, 3.05) is 13.1 Å². The van der Waals surface area contributed by atoms with Gasteiger partial charge in [0.05, 0.1) is 6.33 Å². The summed E-state index contributed by atoms with van der Waals surface area (Å²) in [4.78, 5) is 25.0. The van der Waals surface area contributed by atoms with Crippen molar-refractivity contribution in [2.45, 2.75) is 50.7 Å². The van der Waals surface area contributed by atoms with E-state index in [1.165, 1.54) is 12.5 Å². The number of fused-ring (bicyclic) bond motifs is 4. The molecule has 3 fully saturated rings. The van der Waals surface area contributed by atoms with Gasteiger partial charge < -0.3 is 9.88 Å². The summed E-state index contributed by atoms with van der Waals surface area (Å²) in [5.41, 5.74) is 2.13. The number of hydrogen-bond acceptors (Lipinski definition) is 3. The molecule has 3 saturated heterocycles. The topological polar surface area (TPSA) is 52.2 Å². The maximum absolute atomic E-state index is 13.8. The van der Waals surface area contributed by atoms with Crippen LogP contribution in [0.3, 0.4) is 0 Å². The zero-order valence-corrected chi connectivity index (χ0v) is 16.1. The van der Waals surface area contributed by atoms with Crippen LogP contribution < -0.4 is 0 Å². The standard InChI is InChI=1S/C22H27FN4O/c23-18-4-1-3-15(7-18)8-21-17-9-16(20-5-2-6-22(28)27(20)21)11-26(12-17)13-19-10-24-14-25-19/h1,3-4,7,10,14,16-17,20-21H,2,5-6,8-9,11-13H2,(H,24,25)/t16-,17+,20+,21+/m1/s1. The van der Waals surface area contributed by atoms with Crippen molar-refractivity contribution in [3.05, 3.63) is 53.9 Å². The minimum Gasteiger partial charge on any atom is -0.347 e. The zero-order chi connectivity index (χ0) is 19.1. The minimum absolute atomic E-state index is 0.167. The fourth-order valence-corrected chi connectivity index (χ4v) is 5.78. The first-order valence-electron chi connectivity index (χ1n) is 10.4. The summed E-state index contributed by atoms with van der Waals surface area (Å²) in [6.45, 7) is 2.89. The van der Waals surface area contributed by atoms with Crippen molar-refractivity contribution >= 4 is 5.91 Å². The number of H-pyrrole nitrogens is 1. The molecule has 4 heterocycles. The second kappa shape index (κ2) is 7.32. The van der Waals surface area contributed by atoms with Gasteiger partial charge >= 0.3 is 0 Å². The van der Waals surface area contributed by atoms with Gasteiger partial charge in [-0.2, -0.15) is 0 Å². The van der Waals surface area contributed by atoms with Crippen molar-refractivity contribution in [1.82, 2.24) is 19.8 Å². The number of nitrogens with zero attached hydrogens (tertiary/aromatic N) is 3. The highest BCUT2D eigenvalue weighted by Crippen LogP contribution is 2.42. The van der Waals surface area contributed by atoms with Crippen LogP contribution in [-0.2, 0) is 17.8 Å². The molecule has 0 saturated carbocycles. The summed E-state index contributed by atoms with van der Waals surface area (Å²) in [5.74, 6) is 1.07. The number of amides is 1. The lowest BCUT2D eigenvalue weighted by Crippen LogP contribution is -2.65. The van der Waals surface area contributed by atoms with E-state index in [9.17, 15) is 9.18 Å². The van der Waals surface area contributed by atoms with Gasteiger partial charge in [0.25, 0.3) is 0 Å². The molecule has 0 aliphatic carbocycles. The fourth-order valence-electron chi connectivity index (χ4n) is 5.78. The quantitative estimate of drug-likeness (QED) is 0.885. The summed E-state index contributed by atoms with van der Waals surface area (Å²) >= 11 is 0. The second-order valence-electron chi connectivity index (χ2n) is 8.69. The molecule has 5 rings (SSSR count). The highest BCUT2D eigenvalue weighted by atomic mass is 19.1. The Hall–Kier alpha value is -2.21. The molecular weight excluding hydrogens is 355 g/mol. The highest BCUT2D eigenvalue weighted by molar-refractivity contribution is 5.78. The lowest BCUT2D eigenvalue weighted by atomic mass is 9.70. The van der Waals surface area contributed by atoms with Crippen LogP contribution in [0.15, 0.2) is 36.8 Å². The molecule has 0 radical (unpaired) electrons. The summed E-state index contributed by atoms with van der Waals surface area (Å²) in [6, 6.07) is 7.38. The molecule has 4 atom stereocenters. The molecule has 5 nitrogen and oxygen atoms in total. The Balaban J connectivity index is 1.42. The third-order valence-corrected chi connectivity index (χ3v) is 6.86. The Morgan fingerprint density at radius 2 is 2.14 bits per heavy atom. The Morgan fingerprint density at radius 3 is 2.96 bits per heavy atom. The molecular formula is C22H27FN4O. The minimum atomic E-state index is -0.197. The van der Waals surface area contributed by atoms with Crippen LogP contribution in [0, 0.1) is 17.7 Å². The number of hydrogen-bond donors (Lipinski definition) is 1. The van der Waals surface area contributed by atoms with E-state index in [0.29, 0.717) is 30.2 Å². The Morgan fingerprint density at radius 1 is 1.25 bits per heavy atom. The van der Waals surface area contributed by atoms with E-state index >= 15 is 0 Å². The molecule has 1 amide bonds. The van der Waals surface area contributed by atoms with E-state index in [2.05, 4.69) is 19.8 Å². The van der Waals surface area contributed by atoms with Gasteiger partial charge in [0.2, 0.25) is 5.91 Å². The van der Waals surface area contributed by atoms with E-state index in [1.807, 2.05) is 12.3 Å². The average Bonchev–Trinajstić information content (AvgIpc) is 3.18. The fraction of sp³-hybridized carbons (Fsp3) is 0.545. The predicted octanol–water partition coefficient (Wildman–Crippen LogP) is 2.99. The molecule has 0 unspecified atom stereocenters. The first kappa shape index (κ1) is 17.9. The zero-order valence-electron chi connectivity index (χ0n) is 16.1. The van der Waals surface area contributed by atoms with Gasteiger partial charge in [-0.15, -0.1) is 0 Å². The molecule has 1 aromatic heterocycles. The second-order valence-corrected chi connectivity index (χ2v) is 8.69. The van der Waals surface area contributed by atoms with E-state index in [0.717, 1.165) is 50.2 Å². The lowest BCUT2D eigenvalue weighted by molar-refractivity contribution is -0.152. The Kier molecular flexibility index (Phi) is 4.67. The number of likely N-dealkylation sites (tertiary alicyclic amines) is 1. The van der Waals surface area contributed by atoms with Gasteiger partial charge in [-0.3, -0.25) is 9.69 Å². The van der Waals surface area contributed by atoms with Crippen LogP contribution in [-0.4, -0.2) is 50.8 Å². The number of imidazole rings is 1. The van der Waals surface area contributed by atoms with Gasteiger partial charge in [0.1, 0.15) is 5.82 Å². The van der Waals surface area contributed by atoms with Crippen molar-refractivity contribution in [1.29, 1.82) is 0 Å². The molecule has 1 aromatic carbocycles. The van der Waals surface area contributed by atoms with Gasteiger partial charge in [-0.1, -0.05) is 12.1 Å². The van der Waals surface area contributed by atoms with Crippen molar-refractivity contribution in [3.63, 3.8) is 0 Å². The number of carbonyl (C=O) groups is 1. The molecule has 2 aromatic rings. The normalized spacial score (nSPS) is 30.3. The van der Waals surface area contributed by atoms with Crippen LogP contribution in [0.4, 0.5) is 4.39 Å². The smallest absolute Gasteiger partial charge is 0.223 e. The van der Waals surface area contributed by atoms with E-state index < -0.39 is 0 Å². The van der Waals surface area contributed by atoms with Crippen LogP contribution >= 0.6 is 0 Å². The molecule has 28 heavy (non-hydrogen) atoms. The first-order valence-corrected chi connectivity index (χ1v) is 10.4. The third-order valence-electron chi connectivity index (χ3n) is 6.86. The van der Waals surface area contributed by atoms with Gasteiger partial charge in [-0.25, -0.2) is 9.37 Å². The third kappa shape index (κ3) is 3.34. The predicted molar refractivity (Wildman–Crippen MR) is 104 cm³/mol. The van der Waals surface area contributed by atoms with Crippen LogP contribution in [0.5, 0.6) is 0 Å². The summed E-state index contributed by atoms with van der Waals surface area (Å²) < 4.78 is 13.8.